The second kappa shape index (κ2) is 6.92. The van der Waals surface area contributed by atoms with E-state index in [9.17, 15) is 8.42 Å². The molecular formula is C15H29N3O2S. The Kier molecular flexibility index (Phi) is 5.99. The highest BCUT2D eigenvalue weighted by Crippen LogP contribution is 2.28. The van der Waals surface area contributed by atoms with Crippen LogP contribution in [-0.2, 0) is 16.6 Å². The number of sulfonamides is 1. The molecule has 0 saturated heterocycles. The van der Waals surface area contributed by atoms with Gasteiger partial charge in [-0.2, -0.15) is 4.31 Å². The summed E-state index contributed by atoms with van der Waals surface area (Å²) < 4.78 is 27.2. The minimum absolute atomic E-state index is 0.387. The Hall–Kier alpha value is -0.880. The molecule has 0 radical (unpaired) electrons. The molecule has 1 aromatic heterocycles. The molecule has 5 nitrogen and oxygen atoms in total. The summed E-state index contributed by atoms with van der Waals surface area (Å²) in [5.74, 6) is 0.432. The quantitative estimate of drug-likeness (QED) is 0.741. The first-order valence-corrected chi connectivity index (χ1v) is 9.33. The van der Waals surface area contributed by atoms with Crippen molar-refractivity contribution in [3.63, 3.8) is 0 Å². The fourth-order valence-electron chi connectivity index (χ4n) is 2.81. The highest BCUT2D eigenvalue weighted by atomic mass is 32.2. The van der Waals surface area contributed by atoms with Crippen molar-refractivity contribution in [3.05, 3.63) is 18.2 Å². The number of nitrogens with zero attached hydrogens (tertiary/aromatic N) is 3. The molecule has 1 heterocycles. The first-order valence-electron chi connectivity index (χ1n) is 7.48. The molecule has 0 amide bonds. The number of hydrogen-bond acceptors (Lipinski definition) is 3. The van der Waals surface area contributed by atoms with Crippen molar-refractivity contribution in [2.75, 3.05) is 13.3 Å². The number of aromatic nitrogens is 2. The summed E-state index contributed by atoms with van der Waals surface area (Å²) in [7, 11) is -1.51. The second-order valence-electron chi connectivity index (χ2n) is 6.59. The summed E-state index contributed by atoms with van der Waals surface area (Å²) in [6.45, 7) is 9.10. The highest BCUT2D eigenvalue weighted by Gasteiger charge is 2.32. The van der Waals surface area contributed by atoms with Gasteiger partial charge in [0.15, 0.2) is 0 Å². The fourth-order valence-corrected chi connectivity index (χ4v) is 3.78. The molecule has 1 rings (SSSR count). The average Bonchev–Trinajstić information content (AvgIpc) is 2.72. The van der Waals surface area contributed by atoms with Gasteiger partial charge in [-0.15, -0.1) is 0 Å². The maximum absolute atomic E-state index is 11.8. The highest BCUT2D eigenvalue weighted by molar-refractivity contribution is 7.88. The lowest BCUT2D eigenvalue weighted by molar-refractivity contribution is 0.195. The number of hydrogen-bond donors (Lipinski definition) is 0. The standard InChI is InChI=1S/C15H29N3O2S/c1-7-8-14(11-18-12-16-10-13(18)2)9-15(3,4)17(5)21(6,19)20/h10,12,14H,7-9,11H2,1-6H3. The molecule has 0 aromatic carbocycles. The van der Waals surface area contributed by atoms with E-state index in [0.717, 1.165) is 31.5 Å². The van der Waals surface area contributed by atoms with E-state index in [2.05, 4.69) is 16.5 Å². The van der Waals surface area contributed by atoms with Crippen LogP contribution in [0.2, 0.25) is 0 Å². The lowest BCUT2D eigenvalue weighted by Gasteiger charge is -2.37. The fraction of sp³-hybridized carbons (Fsp3) is 0.800. The molecule has 0 saturated carbocycles. The third kappa shape index (κ3) is 5.11. The van der Waals surface area contributed by atoms with Gasteiger partial charge in [0.25, 0.3) is 0 Å². The number of imidazole rings is 1. The molecule has 21 heavy (non-hydrogen) atoms. The van der Waals surface area contributed by atoms with Crippen LogP contribution >= 0.6 is 0 Å². The zero-order valence-corrected chi connectivity index (χ0v) is 14.9. The molecule has 1 aromatic rings. The Bertz CT molecular complexity index is 549. The maximum atomic E-state index is 11.8. The second-order valence-corrected chi connectivity index (χ2v) is 8.60. The summed E-state index contributed by atoms with van der Waals surface area (Å²) in [5.41, 5.74) is 0.757. The minimum Gasteiger partial charge on any atom is -0.335 e. The van der Waals surface area contributed by atoms with Crippen LogP contribution in [0, 0.1) is 12.8 Å². The minimum atomic E-state index is -3.18. The van der Waals surface area contributed by atoms with Crippen LogP contribution in [0.1, 0.15) is 45.7 Å². The normalized spacial score (nSPS) is 14.6. The first kappa shape index (κ1) is 18.2. The largest absolute Gasteiger partial charge is 0.335 e. The summed E-state index contributed by atoms with van der Waals surface area (Å²) in [6.07, 6.45) is 7.99. The third-order valence-corrected chi connectivity index (χ3v) is 5.70. The first-order chi connectivity index (χ1) is 9.58. The Balaban J connectivity index is 2.85. The summed E-state index contributed by atoms with van der Waals surface area (Å²) in [5, 5.41) is 0. The Labute approximate surface area is 129 Å². The molecule has 0 aliphatic rings. The smallest absolute Gasteiger partial charge is 0.211 e. The Morgan fingerprint density at radius 1 is 1.43 bits per heavy atom. The van der Waals surface area contributed by atoms with E-state index in [0.29, 0.717) is 5.92 Å². The van der Waals surface area contributed by atoms with Crippen molar-refractivity contribution in [3.8, 4) is 0 Å². The van der Waals surface area contributed by atoms with Crippen molar-refractivity contribution in [2.45, 2.75) is 59.0 Å². The maximum Gasteiger partial charge on any atom is 0.211 e. The van der Waals surface area contributed by atoms with Crippen molar-refractivity contribution in [2.24, 2.45) is 5.92 Å². The van der Waals surface area contributed by atoms with E-state index < -0.39 is 10.0 Å². The molecule has 0 bridgehead atoms. The third-order valence-electron chi connectivity index (χ3n) is 4.21. The molecule has 0 aliphatic heterocycles. The van der Waals surface area contributed by atoms with Gasteiger partial charge < -0.3 is 4.57 Å². The van der Waals surface area contributed by atoms with Gasteiger partial charge >= 0.3 is 0 Å². The summed E-state index contributed by atoms with van der Waals surface area (Å²) >= 11 is 0. The van der Waals surface area contributed by atoms with E-state index >= 15 is 0 Å². The molecule has 1 unspecified atom stereocenters. The van der Waals surface area contributed by atoms with Crippen LogP contribution in [0.15, 0.2) is 12.5 Å². The Morgan fingerprint density at radius 2 is 2.05 bits per heavy atom. The van der Waals surface area contributed by atoms with Crippen LogP contribution < -0.4 is 0 Å². The van der Waals surface area contributed by atoms with Crippen LogP contribution in [-0.4, -0.2) is 41.1 Å². The van der Waals surface area contributed by atoms with E-state index in [-0.39, 0.29) is 5.54 Å². The van der Waals surface area contributed by atoms with Crippen LogP contribution in [0.25, 0.3) is 0 Å². The van der Waals surface area contributed by atoms with Gasteiger partial charge in [0.2, 0.25) is 10.0 Å². The zero-order chi connectivity index (χ0) is 16.3. The molecule has 0 fully saturated rings. The molecular weight excluding hydrogens is 286 g/mol. The van der Waals surface area contributed by atoms with E-state index in [1.165, 1.54) is 10.6 Å². The molecule has 6 heteroatoms. The summed E-state index contributed by atoms with van der Waals surface area (Å²) in [6, 6.07) is 0. The average molecular weight is 315 g/mol. The Morgan fingerprint density at radius 3 is 2.48 bits per heavy atom. The van der Waals surface area contributed by atoms with Gasteiger partial charge in [0, 0.05) is 31.0 Å². The van der Waals surface area contributed by atoms with Crippen LogP contribution in [0.5, 0.6) is 0 Å². The number of rotatable bonds is 8. The zero-order valence-electron chi connectivity index (χ0n) is 14.1. The van der Waals surface area contributed by atoms with Gasteiger partial charge in [-0.05, 0) is 39.5 Å². The lowest BCUT2D eigenvalue weighted by Crippen LogP contribution is -2.46. The SMILES string of the molecule is CCCC(Cn1cncc1C)CC(C)(C)N(C)S(C)(=O)=O. The predicted octanol–water partition coefficient (Wildman–Crippen LogP) is 2.67. The topological polar surface area (TPSA) is 55.2 Å². The van der Waals surface area contributed by atoms with Gasteiger partial charge in [0.1, 0.15) is 0 Å². The lowest BCUT2D eigenvalue weighted by atomic mass is 9.87. The predicted molar refractivity (Wildman–Crippen MR) is 86.7 cm³/mol. The van der Waals surface area contributed by atoms with E-state index in [1.807, 2.05) is 33.3 Å². The van der Waals surface area contributed by atoms with Gasteiger partial charge in [-0.1, -0.05) is 13.3 Å². The molecule has 0 aliphatic carbocycles. The van der Waals surface area contributed by atoms with Crippen molar-refractivity contribution < 1.29 is 8.42 Å². The van der Waals surface area contributed by atoms with Gasteiger partial charge in [-0.25, -0.2) is 13.4 Å². The van der Waals surface area contributed by atoms with Crippen molar-refractivity contribution >= 4 is 10.0 Å². The van der Waals surface area contributed by atoms with Gasteiger partial charge in [-0.3, -0.25) is 0 Å². The van der Waals surface area contributed by atoms with Crippen molar-refractivity contribution in [1.29, 1.82) is 0 Å². The van der Waals surface area contributed by atoms with Crippen LogP contribution in [0.4, 0.5) is 0 Å². The monoisotopic (exact) mass is 315 g/mol. The molecule has 122 valence electrons. The van der Waals surface area contributed by atoms with Crippen LogP contribution in [0.3, 0.4) is 0 Å². The molecule has 1 atom stereocenters. The van der Waals surface area contributed by atoms with E-state index in [4.69, 9.17) is 0 Å². The number of aryl methyl sites for hydroxylation is 1. The van der Waals surface area contributed by atoms with E-state index in [1.54, 1.807) is 7.05 Å². The van der Waals surface area contributed by atoms with Gasteiger partial charge in [0.05, 0.1) is 12.6 Å². The van der Waals surface area contributed by atoms with Crippen molar-refractivity contribution in [1.82, 2.24) is 13.9 Å². The summed E-state index contributed by atoms with van der Waals surface area (Å²) in [4.78, 5) is 4.16. The molecule has 0 N–H and O–H groups in total. The molecule has 0 spiro atoms.